The standard InChI is InChI=1S/C22H26FN5O4/c1-22(2,3)32-21(30)27-10-8-26(9-11-27)16-7-5-6-15(23)18(16)28-13-14(12-24)17(25)19(28)20(29)31-4/h5-7,13H,8-11,25H2,1-4H3. The van der Waals surface area contributed by atoms with Crippen LogP contribution in [0.4, 0.5) is 20.6 Å². The van der Waals surface area contributed by atoms with Gasteiger partial charge >= 0.3 is 12.1 Å². The Labute approximate surface area is 185 Å². The second-order valence-electron chi connectivity index (χ2n) is 8.34. The highest BCUT2D eigenvalue weighted by molar-refractivity contribution is 5.96. The van der Waals surface area contributed by atoms with Crippen LogP contribution in [0, 0.1) is 17.1 Å². The predicted molar refractivity (Wildman–Crippen MR) is 116 cm³/mol. The molecule has 170 valence electrons. The number of esters is 1. The lowest BCUT2D eigenvalue weighted by Gasteiger charge is -2.37. The highest BCUT2D eigenvalue weighted by Gasteiger charge is 2.29. The third kappa shape index (κ3) is 4.46. The minimum atomic E-state index is -0.784. The van der Waals surface area contributed by atoms with Crippen molar-refractivity contribution >= 4 is 23.4 Å². The number of hydrogen-bond donors (Lipinski definition) is 1. The van der Waals surface area contributed by atoms with Crippen LogP contribution in [0.25, 0.3) is 5.69 Å². The molecule has 10 heteroatoms. The Kier molecular flexibility index (Phi) is 6.30. The Morgan fingerprint density at radius 3 is 2.41 bits per heavy atom. The molecule has 1 aromatic heterocycles. The van der Waals surface area contributed by atoms with Gasteiger partial charge in [0.25, 0.3) is 0 Å². The van der Waals surface area contributed by atoms with Crippen LogP contribution < -0.4 is 10.6 Å². The van der Waals surface area contributed by atoms with E-state index in [2.05, 4.69) is 0 Å². The lowest BCUT2D eigenvalue weighted by atomic mass is 10.2. The van der Waals surface area contributed by atoms with Crippen molar-refractivity contribution < 1.29 is 23.5 Å². The Hall–Kier alpha value is -3.74. The Morgan fingerprint density at radius 2 is 1.84 bits per heavy atom. The van der Waals surface area contributed by atoms with E-state index in [1.165, 1.54) is 23.9 Å². The summed E-state index contributed by atoms with van der Waals surface area (Å²) in [4.78, 5) is 28.2. The number of aromatic nitrogens is 1. The minimum absolute atomic E-state index is 0.0364. The monoisotopic (exact) mass is 443 g/mol. The number of rotatable bonds is 3. The smallest absolute Gasteiger partial charge is 0.410 e. The molecule has 1 aromatic carbocycles. The van der Waals surface area contributed by atoms with Crippen LogP contribution in [0.15, 0.2) is 24.4 Å². The maximum Gasteiger partial charge on any atom is 0.410 e. The molecule has 1 fully saturated rings. The lowest BCUT2D eigenvalue weighted by Crippen LogP contribution is -2.50. The van der Waals surface area contributed by atoms with Gasteiger partial charge in [-0.2, -0.15) is 5.26 Å². The van der Waals surface area contributed by atoms with Crippen LogP contribution in [0.1, 0.15) is 36.8 Å². The van der Waals surface area contributed by atoms with Crippen molar-refractivity contribution in [3.63, 3.8) is 0 Å². The third-order valence-corrected chi connectivity index (χ3v) is 5.02. The maximum absolute atomic E-state index is 15.1. The van der Waals surface area contributed by atoms with Gasteiger partial charge in [0.05, 0.1) is 24.0 Å². The SMILES string of the molecule is COC(=O)c1c(N)c(C#N)cn1-c1c(F)cccc1N1CCN(C(=O)OC(C)(C)C)CC1. The normalized spacial score (nSPS) is 14.1. The van der Waals surface area contributed by atoms with Crippen molar-refractivity contribution in [2.24, 2.45) is 0 Å². The molecule has 2 N–H and O–H groups in total. The van der Waals surface area contributed by atoms with Crippen molar-refractivity contribution in [3.8, 4) is 11.8 Å². The summed E-state index contributed by atoms with van der Waals surface area (Å²) in [6.45, 7) is 7.01. The summed E-state index contributed by atoms with van der Waals surface area (Å²) in [6, 6.07) is 6.45. The average Bonchev–Trinajstić information content (AvgIpc) is 3.07. The Morgan fingerprint density at radius 1 is 1.19 bits per heavy atom. The zero-order valence-corrected chi connectivity index (χ0v) is 18.5. The van der Waals surface area contributed by atoms with Crippen LogP contribution in [0.5, 0.6) is 0 Å². The number of halogens is 1. The molecule has 0 unspecified atom stereocenters. The summed E-state index contributed by atoms with van der Waals surface area (Å²) in [7, 11) is 1.18. The number of piperazine rings is 1. The van der Waals surface area contributed by atoms with Crippen molar-refractivity contribution in [2.45, 2.75) is 26.4 Å². The number of nitrogen functional groups attached to an aromatic ring is 1. The molecule has 0 bridgehead atoms. The summed E-state index contributed by atoms with van der Waals surface area (Å²) >= 11 is 0. The highest BCUT2D eigenvalue weighted by Crippen LogP contribution is 2.33. The van der Waals surface area contributed by atoms with E-state index in [0.29, 0.717) is 31.9 Å². The number of anilines is 2. The van der Waals surface area contributed by atoms with Gasteiger partial charge in [0.15, 0.2) is 5.69 Å². The van der Waals surface area contributed by atoms with E-state index in [9.17, 15) is 14.9 Å². The van der Waals surface area contributed by atoms with Gasteiger partial charge in [0.1, 0.15) is 23.2 Å². The van der Waals surface area contributed by atoms with Crippen molar-refractivity contribution in [1.82, 2.24) is 9.47 Å². The second kappa shape index (κ2) is 8.78. The molecule has 0 radical (unpaired) electrons. The summed E-state index contributed by atoms with van der Waals surface area (Å²) in [5.41, 5.74) is 5.78. The highest BCUT2D eigenvalue weighted by atomic mass is 19.1. The van der Waals surface area contributed by atoms with Gasteiger partial charge in [-0.25, -0.2) is 14.0 Å². The average molecular weight is 443 g/mol. The molecule has 9 nitrogen and oxygen atoms in total. The van der Waals surface area contributed by atoms with E-state index in [-0.39, 0.29) is 22.6 Å². The van der Waals surface area contributed by atoms with Crippen LogP contribution in [-0.2, 0) is 9.47 Å². The quantitative estimate of drug-likeness (QED) is 0.726. The van der Waals surface area contributed by atoms with E-state index in [4.69, 9.17) is 15.2 Å². The van der Waals surface area contributed by atoms with Crippen LogP contribution in [0.3, 0.4) is 0 Å². The van der Waals surface area contributed by atoms with Gasteiger partial charge in [0.2, 0.25) is 0 Å². The first kappa shape index (κ1) is 22.9. The molecule has 3 rings (SSSR count). The Bertz CT molecular complexity index is 1080. The van der Waals surface area contributed by atoms with E-state index in [1.807, 2.05) is 11.0 Å². The summed E-state index contributed by atoms with van der Waals surface area (Å²) < 4.78 is 26.5. The number of nitriles is 1. The molecule has 0 aliphatic carbocycles. The third-order valence-electron chi connectivity index (χ3n) is 5.02. The number of carbonyl (C=O) groups is 2. The number of amides is 1. The molecule has 0 atom stereocenters. The molecule has 1 aliphatic heterocycles. The summed E-state index contributed by atoms with van der Waals surface area (Å²) in [5.74, 6) is -1.38. The number of benzene rings is 1. The number of nitrogens with two attached hydrogens (primary N) is 1. The fourth-order valence-corrected chi connectivity index (χ4v) is 3.54. The van der Waals surface area contributed by atoms with E-state index in [1.54, 1.807) is 37.8 Å². The topological polar surface area (TPSA) is 114 Å². The van der Waals surface area contributed by atoms with Gasteiger partial charge in [-0.05, 0) is 32.9 Å². The van der Waals surface area contributed by atoms with Gasteiger partial charge in [-0.3, -0.25) is 0 Å². The number of methoxy groups -OCH3 is 1. The summed E-state index contributed by atoms with van der Waals surface area (Å²) in [5, 5.41) is 9.36. The van der Waals surface area contributed by atoms with E-state index in [0.717, 1.165) is 0 Å². The van der Waals surface area contributed by atoms with E-state index < -0.39 is 23.5 Å². The first-order valence-corrected chi connectivity index (χ1v) is 10.1. The number of nitrogens with zero attached hydrogens (tertiary/aromatic N) is 4. The molecule has 32 heavy (non-hydrogen) atoms. The minimum Gasteiger partial charge on any atom is -0.464 e. The first-order valence-electron chi connectivity index (χ1n) is 10.1. The zero-order chi connectivity index (χ0) is 23.6. The largest absolute Gasteiger partial charge is 0.464 e. The number of para-hydroxylation sites is 1. The van der Waals surface area contributed by atoms with Crippen molar-refractivity contribution in [1.29, 1.82) is 5.26 Å². The molecular formula is C22H26FN5O4. The number of hydrogen-bond acceptors (Lipinski definition) is 7. The van der Waals surface area contributed by atoms with Gasteiger partial charge < -0.3 is 29.6 Å². The van der Waals surface area contributed by atoms with Crippen LogP contribution in [-0.4, -0.2) is 60.4 Å². The maximum atomic E-state index is 15.1. The molecule has 2 aromatic rings. The molecule has 2 heterocycles. The predicted octanol–water partition coefficient (Wildman–Crippen LogP) is 2.91. The van der Waals surface area contributed by atoms with Crippen LogP contribution in [0.2, 0.25) is 0 Å². The Balaban J connectivity index is 1.95. The molecule has 1 amide bonds. The zero-order valence-electron chi connectivity index (χ0n) is 18.5. The molecule has 0 saturated carbocycles. The van der Waals surface area contributed by atoms with Gasteiger partial charge in [0, 0.05) is 32.4 Å². The van der Waals surface area contributed by atoms with Crippen molar-refractivity contribution in [2.75, 3.05) is 43.9 Å². The van der Waals surface area contributed by atoms with Gasteiger partial charge in [-0.15, -0.1) is 0 Å². The number of carbonyl (C=O) groups excluding carboxylic acids is 2. The molecule has 1 aliphatic rings. The fourth-order valence-electron chi connectivity index (χ4n) is 3.54. The molecular weight excluding hydrogens is 417 g/mol. The first-order chi connectivity index (χ1) is 15.1. The van der Waals surface area contributed by atoms with Gasteiger partial charge in [-0.1, -0.05) is 6.07 Å². The van der Waals surface area contributed by atoms with Crippen LogP contribution >= 0.6 is 0 Å². The van der Waals surface area contributed by atoms with Crippen molar-refractivity contribution in [3.05, 3.63) is 41.5 Å². The molecule has 1 saturated heterocycles. The van der Waals surface area contributed by atoms with E-state index >= 15 is 4.39 Å². The second-order valence-corrected chi connectivity index (χ2v) is 8.34. The fraction of sp³-hybridized carbons (Fsp3) is 0.409. The number of ether oxygens (including phenoxy) is 2. The lowest BCUT2D eigenvalue weighted by molar-refractivity contribution is 0.0240. The summed E-state index contributed by atoms with van der Waals surface area (Å²) in [6.07, 6.45) is 0.918. The molecule has 0 spiro atoms.